The van der Waals surface area contributed by atoms with Crippen molar-refractivity contribution in [1.29, 1.82) is 0 Å². The van der Waals surface area contributed by atoms with Gasteiger partial charge in [-0.25, -0.2) is 8.78 Å². The lowest BCUT2D eigenvalue weighted by Gasteiger charge is -2.16. The number of alkyl halides is 2. The molecule has 1 amide bonds. The Bertz CT molecular complexity index is 515. The topological polar surface area (TPSA) is 44.4 Å². The molecule has 0 bridgehead atoms. The fourth-order valence-electron chi connectivity index (χ4n) is 2.43. The van der Waals surface area contributed by atoms with E-state index in [2.05, 4.69) is 10.6 Å². The van der Waals surface area contributed by atoms with Gasteiger partial charge in [-0.1, -0.05) is 24.3 Å². The van der Waals surface area contributed by atoms with E-state index in [0.717, 1.165) is 17.7 Å². The van der Waals surface area contributed by atoms with Crippen LogP contribution in [0.2, 0.25) is 0 Å². The number of nitrogens with zero attached hydrogens (tertiary/aromatic N) is 1. The smallest absolute Gasteiger partial charge is 0.262 e. The van der Waals surface area contributed by atoms with Crippen LogP contribution in [0, 0.1) is 0 Å². The maximum absolute atomic E-state index is 13.1. The van der Waals surface area contributed by atoms with Crippen molar-refractivity contribution in [3.05, 3.63) is 35.4 Å². The van der Waals surface area contributed by atoms with E-state index < -0.39 is 24.9 Å². The van der Waals surface area contributed by atoms with Gasteiger partial charge in [-0.15, -0.1) is 24.8 Å². The minimum Gasteiger partial charge on any atom is -0.351 e. The van der Waals surface area contributed by atoms with Crippen molar-refractivity contribution in [2.24, 2.45) is 0 Å². The van der Waals surface area contributed by atoms with Crippen LogP contribution in [0.25, 0.3) is 0 Å². The van der Waals surface area contributed by atoms with E-state index in [4.69, 9.17) is 0 Å². The molecule has 0 aliphatic carbocycles. The molecule has 4 nitrogen and oxygen atoms in total. The zero-order valence-electron chi connectivity index (χ0n) is 13.1. The molecule has 1 saturated heterocycles. The molecule has 0 spiro atoms. The van der Waals surface area contributed by atoms with Crippen molar-refractivity contribution in [3.8, 4) is 0 Å². The first-order valence-corrected chi connectivity index (χ1v) is 6.98. The van der Waals surface area contributed by atoms with Crippen molar-refractivity contribution in [2.75, 3.05) is 20.6 Å². The van der Waals surface area contributed by atoms with Crippen LogP contribution in [0.1, 0.15) is 17.5 Å². The molecule has 1 fully saturated rings. The van der Waals surface area contributed by atoms with Crippen LogP contribution >= 0.6 is 24.8 Å². The molecule has 23 heavy (non-hydrogen) atoms. The van der Waals surface area contributed by atoms with Gasteiger partial charge >= 0.3 is 0 Å². The summed E-state index contributed by atoms with van der Waals surface area (Å²) in [4.78, 5) is 14.0. The van der Waals surface area contributed by atoms with Gasteiger partial charge in [0.25, 0.3) is 5.92 Å². The SMILES string of the molecule is CN(C)Cc1ccccc1CNC(=O)C1CC(F)(F)CN1.Cl.Cl. The first kappa shape index (κ1) is 22.1. The molecular formula is C15H23Cl2F2N3O. The predicted octanol–water partition coefficient (Wildman–Crippen LogP) is 2.21. The largest absolute Gasteiger partial charge is 0.351 e. The summed E-state index contributed by atoms with van der Waals surface area (Å²) in [6.07, 6.45) is -0.432. The molecule has 1 unspecified atom stereocenters. The lowest BCUT2D eigenvalue weighted by Crippen LogP contribution is -2.40. The minimum absolute atomic E-state index is 0. The summed E-state index contributed by atoms with van der Waals surface area (Å²) in [6, 6.07) is 6.99. The van der Waals surface area contributed by atoms with E-state index in [9.17, 15) is 13.6 Å². The molecular weight excluding hydrogens is 347 g/mol. The Morgan fingerprint density at radius 2 is 1.91 bits per heavy atom. The van der Waals surface area contributed by atoms with Gasteiger partial charge in [-0.05, 0) is 25.2 Å². The maximum Gasteiger partial charge on any atom is 0.262 e. The van der Waals surface area contributed by atoms with Crippen LogP contribution in [0.4, 0.5) is 8.78 Å². The highest BCUT2D eigenvalue weighted by Gasteiger charge is 2.42. The van der Waals surface area contributed by atoms with Crippen molar-refractivity contribution in [1.82, 2.24) is 15.5 Å². The average molecular weight is 370 g/mol. The van der Waals surface area contributed by atoms with E-state index in [1.165, 1.54) is 0 Å². The number of halogens is 4. The molecule has 0 saturated carbocycles. The van der Waals surface area contributed by atoms with E-state index >= 15 is 0 Å². The Balaban J connectivity index is 0.00000242. The maximum atomic E-state index is 13.1. The fraction of sp³-hybridized carbons (Fsp3) is 0.533. The van der Waals surface area contributed by atoms with Gasteiger partial charge in [0.2, 0.25) is 5.91 Å². The average Bonchev–Trinajstić information content (AvgIpc) is 2.77. The second kappa shape index (κ2) is 9.37. The van der Waals surface area contributed by atoms with Crippen LogP contribution in [-0.2, 0) is 17.9 Å². The lowest BCUT2D eigenvalue weighted by atomic mass is 10.1. The minimum atomic E-state index is -2.79. The number of rotatable bonds is 5. The van der Waals surface area contributed by atoms with Crippen molar-refractivity contribution < 1.29 is 13.6 Å². The molecule has 1 aliphatic rings. The standard InChI is InChI=1S/C15H21F2N3O.2ClH/c1-20(2)9-12-6-4-3-5-11(12)8-18-14(21)13-7-15(16,17)10-19-13;;/h3-6,13,19H,7-10H2,1-2H3,(H,18,21);2*1H. The molecule has 1 aliphatic heterocycles. The third kappa shape index (κ3) is 6.59. The van der Waals surface area contributed by atoms with Crippen molar-refractivity contribution >= 4 is 30.7 Å². The molecule has 132 valence electrons. The second-order valence-corrected chi connectivity index (χ2v) is 5.72. The highest BCUT2D eigenvalue weighted by atomic mass is 35.5. The number of hydrogen-bond donors (Lipinski definition) is 2. The van der Waals surface area contributed by atoms with Crippen LogP contribution < -0.4 is 10.6 Å². The molecule has 2 N–H and O–H groups in total. The van der Waals surface area contributed by atoms with Gasteiger partial charge in [-0.2, -0.15) is 0 Å². The van der Waals surface area contributed by atoms with Crippen LogP contribution in [-0.4, -0.2) is 43.4 Å². The molecule has 1 atom stereocenters. The van der Waals surface area contributed by atoms with E-state index in [-0.39, 0.29) is 30.7 Å². The zero-order valence-corrected chi connectivity index (χ0v) is 14.8. The van der Waals surface area contributed by atoms with Gasteiger partial charge in [-0.3, -0.25) is 10.1 Å². The molecule has 2 rings (SSSR count). The fourth-order valence-corrected chi connectivity index (χ4v) is 2.43. The summed E-state index contributed by atoms with van der Waals surface area (Å²) in [5.41, 5.74) is 2.12. The monoisotopic (exact) mass is 369 g/mol. The Morgan fingerprint density at radius 1 is 1.30 bits per heavy atom. The Labute approximate surface area is 147 Å². The highest BCUT2D eigenvalue weighted by Crippen LogP contribution is 2.25. The van der Waals surface area contributed by atoms with E-state index in [0.29, 0.717) is 6.54 Å². The zero-order chi connectivity index (χ0) is 15.5. The van der Waals surface area contributed by atoms with Crippen LogP contribution in [0.3, 0.4) is 0 Å². The summed E-state index contributed by atoms with van der Waals surface area (Å²) in [7, 11) is 3.94. The number of amides is 1. The van der Waals surface area contributed by atoms with Gasteiger partial charge < -0.3 is 10.2 Å². The van der Waals surface area contributed by atoms with Crippen LogP contribution in [0.15, 0.2) is 24.3 Å². The van der Waals surface area contributed by atoms with Crippen molar-refractivity contribution in [3.63, 3.8) is 0 Å². The van der Waals surface area contributed by atoms with Crippen molar-refractivity contribution in [2.45, 2.75) is 31.5 Å². The number of benzene rings is 1. The number of carbonyl (C=O) groups is 1. The first-order chi connectivity index (χ1) is 9.87. The third-order valence-corrected chi connectivity index (χ3v) is 3.48. The van der Waals surface area contributed by atoms with Gasteiger partial charge in [0.05, 0.1) is 12.6 Å². The molecule has 8 heteroatoms. The van der Waals surface area contributed by atoms with Gasteiger partial charge in [0.1, 0.15) is 0 Å². The Morgan fingerprint density at radius 3 is 2.43 bits per heavy atom. The van der Waals surface area contributed by atoms with E-state index in [1.54, 1.807) is 0 Å². The molecule has 1 aromatic rings. The van der Waals surface area contributed by atoms with Crippen LogP contribution in [0.5, 0.6) is 0 Å². The number of nitrogens with one attached hydrogen (secondary N) is 2. The normalized spacial score (nSPS) is 18.9. The lowest BCUT2D eigenvalue weighted by molar-refractivity contribution is -0.123. The quantitative estimate of drug-likeness (QED) is 0.836. The molecule has 0 aromatic heterocycles. The molecule has 0 radical (unpaired) electrons. The highest BCUT2D eigenvalue weighted by molar-refractivity contribution is 5.85. The summed E-state index contributed by atoms with van der Waals surface area (Å²) in [5, 5.41) is 5.30. The Kier molecular flexibility index (Phi) is 8.98. The van der Waals surface area contributed by atoms with E-state index in [1.807, 2.05) is 43.3 Å². The number of carbonyl (C=O) groups excluding carboxylic acids is 1. The predicted molar refractivity (Wildman–Crippen MR) is 91.5 cm³/mol. The second-order valence-electron chi connectivity index (χ2n) is 5.72. The summed E-state index contributed by atoms with van der Waals surface area (Å²) in [6.45, 7) is 0.695. The molecule has 1 aromatic carbocycles. The Hall–Kier alpha value is -0.950. The molecule has 1 heterocycles. The van der Waals surface area contributed by atoms with Gasteiger partial charge in [0.15, 0.2) is 0 Å². The van der Waals surface area contributed by atoms with Gasteiger partial charge in [0, 0.05) is 19.5 Å². The summed E-state index contributed by atoms with van der Waals surface area (Å²) >= 11 is 0. The number of hydrogen-bond acceptors (Lipinski definition) is 3. The first-order valence-electron chi connectivity index (χ1n) is 6.98. The summed E-state index contributed by atoms with van der Waals surface area (Å²) < 4.78 is 26.2. The summed E-state index contributed by atoms with van der Waals surface area (Å²) in [5.74, 6) is -3.16. The third-order valence-electron chi connectivity index (χ3n) is 3.48.